The van der Waals surface area contributed by atoms with Gasteiger partial charge in [0.15, 0.2) is 0 Å². The zero-order valence-corrected chi connectivity index (χ0v) is 8.49. The van der Waals surface area contributed by atoms with Crippen molar-refractivity contribution < 1.29 is 20.4 Å². The fraction of sp³-hybridized carbons (Fsp3) is 1.00. The first-order valence-electron chi connectivity index (χ1n) is 2.70. The summed E-state index contributed by atoms with van der Waals surface area (Å²) in [7, 11) is 0. The summed E-state index contributed by atoms with van der Waals surface area (Å²) in [6.45, 7) is 0. The van der Waals surface area contributed by atoms with Crippen molar-refractivity contribution in [3.8, 4) is 0 Å². The topological polar surface area (TPSA) is 80.9 Å². The van der Waals surface area contributed by atoms with Crippen LogP contribution in [0.4, 0.5) is 0 Å². The molecule has 0 unspecified atom stereocenters. The second kappa shape index (κ2) is 3.60. The summed E-state index contributed by atoms with van der Waals surface area (Å²) >= 11 is 1.79. The molecule has 4 N–H and O–H groups in total. The normalized spacial score (nSPS) is 16.3. The first-order chi connectivity index (χ1) is 4.54. The molecule has 0 fully saturated rings. The van der Waals surface area contributed by atoms with E-state index >= 15 is 0 Å². The van der Waals surface area contributed by atoms with Gasteiger partial charge in [0.2, 0.25) is 0 Å². The molecule has 0 radical (unpaired) electrons. The molecule has 0 aromatic rings. The summed E-state index contributed by atoms with van der Waals surface area (Å²) in [5.41, 5.74) is 0. The third-order valence-electron chi connectivity index (χ3n) is 1.41. The summed E-state index contributed by atoms with van der Waals surface area (Å²) < 4.78 is -2.96. The fourth-order valence-electron chi connectivity index (χ4n) is 0.268. The van der Waals surface area contributed by atoms with Crippen molar-refractivity contribution in [1.29, 1.82) is 0 Å². The van der Waals surface area contributed by atoms with Gasteiger partial charge >= 0.3 is 72.1 Å². The molecule has 64 valence electrons. The van der Waals surface area contributed by atoms with Crippen LogP contribution in [0.15, 0.2) is 0 Å². The standard InChI is InChI=1S/C4H12IO4P/c5-10(1-6,2-7,3-8)4-9/h6-9H,1-4H2. The van der Waals surface area contributed by atoms with Crippen LogP contribution in [0.2, 0.25) is 0 Å². The van der Waals surface area contributed by atoms with E-state index < -0.39 is 4.25 Å². The van der Waals surface area contributed by atoms with Crippen LogP contribution in [0.1, 0.15) is 0 Å². The van der Waals surface area contributed by atoms with Crippen molar-refractivity contribution in [2.24, 2.45) is 0 Å². The minimum atomic E-state index is -2.96. The molecule has 0 aromatic heterocycles. The van der Waals surface area contributed by atoms with Crippen molar-refractivity contribution in [3.63, 3.8) is 0 Å². The number of aliphatic hydroxyl groups is 4. The van der Waals surface area contributed by atoms with Gasteiger partial charge in [-0.3, -0.25) is 0 Å². The van der Waals surface area contributed by atoms with Gasteiger partial charge in [-0.15, -0.1) is 0 Å². The number of rotatable bonds is 4. The predicted molar refractivity (Wildman–Crippen MR) is 49.3 cm³/mol. The van der Waals surface area contributed by atoms with Crippen LogP contribution in [0, 0.1) is 0 Å². The molecule has 0 aliphatic heterocycles. The van der Waals surface area contributed by atoms with Crippen molar-refractivity contribution in [2.75, 3.05) is 25.4 Å². The molecule has 6 heteroatoms. The molecule has 4 nitrogen and oxygen atoms in total. The Labute approximate surface area is 72.3 Å². The van der Waals surface area contributed by atoms with Gasteiger partial charge in [0.1, 0.15) is 0 Å². The van der Waals surface area contributed by atoms with Crippen molar-refractivity contribution >= 4 is 26.3 Å². The molecule has 0 atom stereocenters. The second-order valence-electron chi connectivity index (χ2n) is 2.39. The van der Waals surface area contributed by atoms with Crippen LogP contribution in [0.3, 0.4) is 0 Å². The Bertz CT molecular complexity index is 92.3. The van der Waals surface area contributed by atoms with Gasteiger partial charge in [-0.2, -0.15) is 0 Å². The quantitative estimate of drug-likeness (QED) is 0.421. The van der Waals surface area contributed by atoms with Gasteiger partial charge in [0.25, 0.3) is 0 Å². The Morgan fingerprint density at radius 1 is 0.800 bits per heavy atom. The average molecular weight is 282 g/mol. The average Bonchev–Trinajstić information content (AvgIpc) is 2.04. The summed E-state index contributed by atoms with van der Waals surface area (Å²) in [5, 5.41) is 35.2. The van der Waals surface area contributed by atoms with Crippen molar-refractivity contribution in [3.05, 3.63) is 0 Å². The van der Waals surface area contributed by atoms with E-state index in [4.69, 9.17) is 20.4 Å². The van der Waals surface area contributed by atoms with E-state index in [0.29, 0.717) is 0 Å². The third kappa shape index (κ3) is 1.99. The molecule has 10 heavy (non-hydrogen) atoms. The van der Waals surface area contributed by atoms with E-state index in [0.717, 1.165) is 0 Å². The molecule has 0 rings (SSSR count). The number of halogens is 1. The molecular weight excluding hydrogens is 270 g/mol. The zero-order chi connectivity index (χ0) is 8.28. The van der Waals surface area contributed by atoms with Gasteiger partial charge in [0.05, 0.1) is 0 Å². The van der Waals surface area contributed by atoms with Crippen LogP contribution < -0.4 is 0 Å². The maximum atomic E-state index is 8.81. The van der Waals surface area contributed by atoms with Gasteiger partial charge in [-0.1, -0.05) is 0 Å². The first-order valence-corrected chi connectivity index (χ1v) is 8.46. The van der Waals surface area contributed by atoms with Crippen LogP contribution in [0.25, 0.3) is 0 Å². The summed E-state index contributed by atoms with van der Waals surface area (Å²) in [5.74, 6) is 0. The molecule has 0 saturated heterocycles. The molecule has 0 aliphatic rings. The maximum absolute atomic E-state index is 8.81. The Kier molecular flexibility index (Phi) is 3.96. The number of hydrogen-bond donors (Lipinski definition) is 4. The van der Waals surface area contributed by atoms with Crippen LogP contribution in [-0.4, -0.2) is 45.8 Å². The number of aliphatic hydroxyl groups excluding tert-OH is 4. The van der Waals surface area contributed by atoms with Gasteiger partial charge in [-0.25, -0.2) is 0 Å². The Morgan fingerprint density at radius 2 is 1.00 bits per heavy atom. The summed E-state index contributed by atoms with van der Waals surface area (Å²) in [6.07, 6.45) is -1.30. The monoisotopic (exact) mass is 282 g/mol. The van der Waals surface area contributed by atoms with E-state index in [-0.39, 0.29) is 25.4 Å². The SMILES string of the molecule is OCP(I)(CO)(CO)CO. The summed E-state index contributed by atoms with van der Waals surface area (Å²) in [6, 6.07) is 0. The van der Waals surface area contributed by atoms with Gasteiger partial charge < -0.3 is 0 Å². The number of hydrogen-bond acceptors (Lipinski definition) is 4. The Morgan fingerprint density at radius 3 is 1.00 bits per heavy atom. The first kappa shape index (κ1) is 11.0. The van der Waals surface area contributed by atoms with Crippen LogP contribution in [0.5, 0.6) is 0 Å². The Hall–Kier alpha value is 1.00. The van der Waals surface area contributed by atoms with Crippen molar-refractivity contribution in [1.82, 2.24) is 0 Å². The molecule has 0 amide bonds. The van der Waals surface area contributed by atoms with E-state index in [1.807, 2.05) is 0 Å². The third-order valence-corrected chi connectivity index (χ3v) is 7.90. The predicted octanol–water partition coefficient (Wildman–Crippen LogP) is -0.311. The van der Waals surface area contributed by atoms with E-state index in [1.54, 1.807) is 22.0 Å². The van der Waals surface area contributed by atoms with E-state index in [1.165, 1.54) is 0 Å². The van der Waals surface area contributed by atoms with Crippen LogP contribution in [-0.2, 0) is 0 Å². The molecule has 0 aliphatic carbocycles. The molecular formula is C4H12IO4P. The minimum absolute atomic E-state index is 0.324. The fourth-order valence-corrected chi connectivity index (χ4v) is 0.805. The molecule has 0 bridgehead atoms. The summed E-state index contributed by atoms with van der Waals surface area (Å²) in [4.78, 5) is 0. The van der Waals surface area contributed by atoms with Crippen LogP contribution >= 0.6 is 26.3 Å². The zero-order valence-electron chi connectivity index (χ0n) is 5.44. The van der Waals surface area contributed by atoms with Gasteiger partial charge in [-0.05, 0) is 0 Å². The molecule has 0 aromatic carbocycles. The van der Waals surface area contributed by atoms with E-state index in [2.05, 4.69) is 0 Å². The van der Waals surface area contributed by atoms with Crippen molar-refractivity contribution in [2.45, 2.75) is 0 Å². The Balaban J connectivity index is 4.42. The second-order valence-corrected chi connectivity index (χ2v) is 15.3. The molecule has 0 saturated carbocycles. The van der Waals surface area contributed by atoms with E-state index in [9.17, 15) is 0 Å². The van der Waals surface area contributed by atoms with Gasteiger partial charge in [0, 0.05) is 0 Å². The molecule has 0 heterocycles. The molecule has 0 spiro atoms.